The third kappa shape index (κ3) is 4.00. The van der Waals surface area contributed by atoms with Gasteiger partial charge in [0.15, 0.2) is 0 Å². The van der Waals surface area contributed by atoms with Gasteiger partial charge >= 0.3 is 0 Å². The van der Waals surface area contributed by atoms with Crippen LogP contribution in [0.25, 0.3) is 0 Å². The molecule has 0 saturated carbocycles. The molecule has 1 atom stereocenters. The molecule has 100 valence electrons. The molecule has 0 spiro atoms. The number of aliphatic hydroxyl groups is 1. The number of hydrogen-bond acceptors (Lipinski definition) is 3. The smallest absolute Gasteiger partial charge is 0.122 e. The van der Waals surface area contributed by atoms with Crippen LogP contribution < -0.4 is 4.74 Å². The van der Waals surface area contributed by atoms with Gasteiger partial charge < -0.3 is 14.7 Å². The van der Waals surface area contributed by atoms with Crippen LogP contribution in [0.4, 0.5) is 0 Å². The summed E-state index contributed by atoms with van der Waals surface area (Å²) in [4.78, 5) is 2.33. The van der Waals surface area contributed by atoms with Crippen LogP contribution in [-0.2, 0) is 0 Å². The quantitative estimate of drug-likeness (QED) is 0.868. The standard InChI is InChI=1S/C15H23NO2/c1-13-7-3-4-8-15(13)18-12-14(17)11-16-9-5-2-6-10-16/h3-4,7-8,14,17H,2,5-6,9-12H2,1H3. The lowest BCUT2D eigenvalue weighted by Gasteiger charge is -2.28. The molecule has 1 N–H and O–H groups in total. The highest BCUT2D eigenvalue weighted by atomic mass is 16.5. The second-order valence-corrected chi connectivity index (χ2v) is 5.09. The zero-order valence-corrected chi connectivity index (χ0v) is 11.1. The lowest BCUT2D eigenvalue weighted by Crippen LogP contribution is -2.38. The number of rotatable bonds is 5. The van der Waals surface area contributed by atoms with Gasteiger partial charge in [-0.2, -0.15) is 0 Å². The molecule has 0 radical (unpaired) electrons. The Morgan fingerprint density at radius 2 is 1.94 bits per heavy atom. The van der Waals surface area contributed by atoms with E-state index in [1.165, 1.54) is 19.3 Å². The first-order chi connectivity index (χ1) is 8.75. The van der Waals surface area contributed by atoms with Crippen molar-refractivity contribution in [2.24, 2.45) is 0 Å². The molecule has 1 aromatic rings. The molecule has 3 nitrogen and oxygen atoms in total. The van der Waals surface area contributed by atoms with E-state index in [0.717, 1.165) is 30.9 Å². The maximum absolute atomic E-state index is 9.99. The number of benzene rings is 1. The van der Waals surface area contributed by atoms with Crippen molar-refractivity contribution in [1.82, 2.24) is 4.90 Å². The molecule has 0 amide bonds. The number of likely N-dealkylation sites (tertiary alicyclic amines) is 1. The number of hydrogen-bond donors (Lipinski definition) is 1. The maximum atomic E-state index is 9.99. The summed E-state index contributed by atoms with van der Waals surface area (Å²) in [5.41, 5.74) is 1.11. The average Bonchev–Trinajstić information content (AvgIpc) is 2.39. The van der Waals surface area contributed by atoms with E-state index in [9.17, 15) is 5.11 Å². The number of nitrogens with zero attached hydrogens (tertiary/aromatic N) is 1. The molecule has 18 heavy (non-hydrogen) atoms. The van der Waals surface area contributed by atoms with E-state index in [4.69, 9.17) is 4.74 Å². The van der Waals surface area contributed by atoms with Gasteiger partial charge in [-0.15, -0.1) is 0 Å². The summed E-state index contributed by atoms with van der Waals surface area (Å²) in [5.74, 6) is 0.871. The van der Waals surface area contributed by atoms with Gasteiger partial charge in [-0.05, 0) is 44.5 Å². The first-order valence-electron chi connectivity index (χ1n) is 6.84. The van der Waals surface area contributed by atoms with Crippen LogP contribution >= 0.6 is 0 Å². The highest BCUT2D eigenvalue weighted by Gasteiger charge is 2.15. The third-order valence-electron chi connectivity index (χ3n) is 3.44. The second-order valence-electron chi connectivity index (χ2n) is 5.09. The van der Waals surface area contributed by atoms with Crippen molar-refractivity contribution in [1.29, 1.82) is 0 Å². The van der Waals surface area contributed by atoms with E-state index < -0.39 is 6.10 Å². The summed E-state index contributed by atoms with van der Waals surface area (Å²) >= 11 is 0. The Hall–Kier alpha value is -1.06. The van der Waals surface area contributed by atoms with Crippen LogP contribution in [0.2, 0.25) is 0 Å². The molecule has 2 rings (SSSR count). The fourth-order valence-electron chi connectivity index (χ4n) is 2.40. The van der Waals surface area contributed by atoms with E-state index in [-0.39, 0.29) is 0 Å². The summed E-state index contributed by atoms with van der Waals surface area (Å²) in [6.07, 6.45) is 3.44. The lowest BCUT2D eigenvalue weighted by atomic mass is 10.1. The Morgan fingerprint density at radius 1 is 1.22 bits per heavy atom. The van der Waals surface area contributed by atoms with Gasteiger partial charge in [0.2, 0.25) is 0 Å². The van der Waals surface area contributed by atoms with E-state index in [1.54, 1.807) is 0 Å². The van der Waals surface area contributed by atoms with Crippen molar-refractivity contribution in [2.45, 2.75) is 32.3 Å². The van der Waals surface area contributed by atoms with E-state index >= 15 is 0 Å². The Bertz CT molecular complexity index is 361. The van der Waals surface area contributed by atoms with E-state index in [2.05, 4.69) is 4.90 Å². The van der Waals surface area contributed by atoms with Crippen LogP contribution in [0.3, 0.4) is 0 Å². The Kier molecular flexibility index (Phi) is 5.02. The minimum atomic E-state index is -0.400. The Labute approximate surface area is 109 Å². The summed E-state index contributed by atoms with van der Waals surface area (Å²) in [5, 5.41) is 9.99. The first kappa shape index (κ1) is 13.4. The largest absolute Gasteiger partial charge is 0.491 e. The Morgan fingerprint density at radius 3 is 2.67 bits per heavy atom. The molecule has 1 saturated heterocycles. The SMILES string of the molecule is Cc1ccccc1OCC(O)CN1CCCCC1. The molecule has 0 aromatic heterocycles. The predicted molar refractivity (Wildman–Crippen MR) is 73.0 cm³/mol. The van der Waals surface area contributed by atoms with E-state index in [0.29, 0.717) is 6.61 Å². The molecule has 1 fully saturated rings. The van der Waals surface area contributed by atoms with Gasteiger partial charge in [-0.3, -0.25) is 0 Å². The number of piperidine rings is 1. The number of β-amino-alcohol motifs (C(OH)–C–C–N with tert-alkyl or cyclic N) is 1. The summed E-state index contributed by atoms with van der Waals surface area (Å²) < 4.78 is 5.66. The molecule has 1 unspecified atom stereocenters. The molecule has 1 aromatic carbocycles. The molecule has 0 bridgehead atoms. The van der Waals surface area contributed by atoms with Gasteiger partial charge in [0, 0.05) is 6.54 Å². The molecule has 0 aliphatic carbocycles. The van der Waals surface area contributed by atoms with Crippen LogP contribution in [0.15, 0.2) is 24.3 Å². The minimum absolute atomic E-state index is 0.376. The molecule has 1 aliphatic heterocycles. The molecular weight excluding hydrogens is 226 g/mol. The van der Waals surface area contributed by atoms with Gasteiger partial charge in [0.05, 0.1) is 0 Å². The van der Waals surface area contributed by atoms with E-state index in [1.807, 2.05) is 31.2 Å². The van der Waals surface area contributed by atoms with Crippen LogP contribution in [0.5, 0.6) is 5.75 Å². The highest BCUT2D eigenvalue weighted by Crippen LogP contribution is 2.16. The minimum Gasteiger partial charge on any atom is -0.491 e. The second kappa shape index (κ2) is 6.76. The molecular formula is C15H23NO2. The zero-order valence-electron chi connectivity index (χ0n) is 11.1. The van der Waals surface area contributed by atoms with Crippen LogP contribution in [-0.4, -0.2) is 42.4 Å². The fraction of sp³-hybridized carbons (Fsp3) is 0.600. The highest BCUT2D eigenvalue weighted by molar-refractivity contribution is 5.31. The topological polar surface area (TPSA) is 32.7 Å². The summed E-state index contributed by atoms with van der Waals surface area (Å²) in [7, 11) is 0. The first-order valence-corrected chi connectivity index (χ1v) is 6.84. The van der Waals surface area contributed by atoms with Crippen molar-refractivity contribution in [3.8, 4) is 5.75 Å². The molecule has 1 aliphatic rings. The predicted octanol–water partition coefficient (Wildman–Crippen LogP) is 2.22. The fourth-order valence-corrected chi connectivity index (χ4v) is 2.40. The number of aliphatic hydroxyl groups excluding tert-OH is 1. The van der Waals surface area contributed by atoms with Gasteiger partial charge in [-0.25, -0.2) is 0 Å². The zero-order chi connectivity index (χ0) is 12.8. The molecule has 3 heteroatoms. The molecule has 1 heterocycles. The van der Waals surface area contributed by atoms with Crippen LogP contribution in [0.1, 0.15) is 24.8 Å². The third-order valence-corrected chi connectivity index (χ3v) is 3.44. The summed E-state index contributed by atoms with van der Waals surface area (Å²) in [6.45, 7) is 5.35. The van der Waals surface area contributed by atoms with Gasteiger partial charge in [0.1, 0.15) is 18.5 Å². The average molecular weight is 249 g/mol. The lowest BCUT2D eigenvalue weighted by molar-refractivity contribution is 0.0615. The maximum Gasteiger partial charge on any atom is 0.122 e. The number of para-hydroxylation sites is 1. The van der Waals surface area contributed by atoms with Crippen molar-refractivity contribution in [2.75, 3.05) is 26.2 Å². The van der Waals surface area contributed by atoms with Gasteiger partial charge in [0.25, 0.3) is 0 Å². The van der Waals surface area contributed by atoms with Crippen molar-refractivity contribution >= 4 is 0 Å². The number of aryl methyl sites for hydroxylation is 1. The normalized spacial score (nSPS) is 18.6. The van der Waals surface area contributed by atoms with Gasteiger partial charge in [-0.1, -0.05) is 24.6 Å². The van der Waals surface area contributed by atoms with Crippen LogP contribution in [0, 0.1) is 6.92 Å². The number of ether oxygens (including phenoxy) is 1. The summed E-state index contributed by atoms with van der Waals surface area (Å²) in [6, 6.07) is 7.92. The Balaban J connectivity index is 1.74. The van der Waals surface area contributed by atoms with Crippen molar-refractivity contribution in [3.05, 3.63) is 29.8 Å². The monoisotopic (exact) mass is 249 g/mol. The van der Waals surface area contributed by atoms with Crippen molar-refractivity contribution in [3.63, 3.8) is 0 Å². The van der Waals surface area contributed by atoms with Crippen molar-refractivity contribution < 1.29 is 9.84 Å².